The summed E-state index contributed by atoms with van der Waals surface area (Å²) in [6.45, 7) is 5.07. The normalized spacial score (nSPS) is 20.0. The van der Waals surface area contributed by atoms with Crippen LogP contribution < -0.4 is 10.1 Å². The predicted octanol–water partition coefficient (Wildman–Crippen LogP) is 0.220. The van der Waals surface area contributed by atoms with Crippen LogP contribution in [0.4, 0.5) is 5.82 Å². The van der Waals surface area contributed by atoms with Crippen molar-refractivity contribution in [2.24, 2.45) is 0 Å². The number of ether oxygens (including phenoxy) is 2. The third-order valence-electron chi connectivity index (χ3n) is 4.51. The van der Waals surface area contributed by atoms with E-state index in [1.165, 1.54) is 6.33 Å². The molecule has 0 spiro atoms. The molecule has 1 amide bonds. The Balaban J connectivity index is 1.42. The van der Waals surface area contributed by atoms with Crippen molar-refractivity contribution in [1.82, 2.24) is 19.8 Å². The number of anilines is 1. The van der Waals surface area contributed by atoms with Gasteiger partial charge in [0.25, 0.3) is 0 Å². The number of nitrogens with one attached hydrogen (secondary N) is 1. The molecule has 0 aromatic carbocycles. The first-order valence-corrected chi connectivity index (χ1v) is 8.45. The number of aromatic nitrogens is 2. The maximum absolute atomic E-state index is 12.3. The first-order chi connectivity index (χ1) is 11.7. The third-order valence-corrected chi connectivity index (χ3v) is 4.51. The molecule has 0 radical (unpaired) electrons. The summed E-state index contributed by atoms with van der Waals surface area (Å²) < 4.78 is 10.4. The van der Waals surface area contributed by atoms with Crippen LogP contribution in [0.1, 0.15) is 12.8 Å². The highest BCUT2D eigenvalue weighted by Crippen LogP contribution is 2.17. The Morgan fingerprint density at radius 2 is 2.04 bits per heavy atom. The summed E-state index contributed by atoms with van der Waals surface area (Å²) in [5.74, 6) is 1.55. The Labute approximate surface area is 142 Å². The van der Waals surface area contributed by atoms with Gasteiger partial charge in [-0.15, -0.1) is 0 Å². The van der Waals surface area contributed by atoms with Crippen LogP contribution in [-0.2, 0) is 9.53 Å². The van der Waals surface area contributed by atoms with E-state index < -0.39 is 0 Å². The minimum atomic E-state index is 0.213. The fourth-order valence-corrected chi connectivity index (χ4v) is 3.08. The smallest absolute Gasteiger partial charge is 0.236 e. The van der Waals surface area contributed by atoms with E-state index >= 15 is 0 Å². The molecule has 1 N–H and O–H groups in total. The molecule has 2 saturated heterocycles. The van der Waals surface area contributed by atoms with Crippen LogP contribution in [0.2, 0.25) is 0 Å². The van der Waals surface area contributed by atoms with E-state index in [-0.39, 0.29) is 5.91 Å². The molecular weight excluding hydrogens is 310 g/mol. The second kappa shape index (κ2) is 8.25. The van der Waals surface area contributed by atoms with E-state index in [1.807, 2.05) is 4.90 Å². The molecule has 3 heterocycles. The van der Waals surface area contributed by atoms with Crippen LogP contribution in [0.5, 0.6) is 5.88 Å². The minimum absolute atomic E-state index is 0.213. The monoisotopic (exact) mass is 335 g/mol. The lowest BCUT2D eigenvalue weighted by Crippen LogP contribution is -2.48. The predicted molar refractivity (Wildman–Crippen MR) is 89.1 cm³/mol. The Hall–Kier alpha value is -1.93. The fourth-order valence-electron chi connectivity index (χ4n) is 3.08. The van der Waals surface area contributed by atoms with Gasteiger partial charge in [0.15, 0.2) is 0 Å². The highest BCUT2D eigenvalue weighted by atomic mass is 16.5. The lowest BCUT2D eigenvalue weighted by atomic mass is 10.1. The highest BCUT2D eigenvalue weighted by molar-refractivity contribution is 5.78. The number of nitrogens with zero attached hydrogens (tertiary/aromatic N) is 4. The molecule has 8 nitrogen and oxygen atoms in total. The minimum Gasteiger partial charge on any atom is -0.481 e. The summed E-state index contributed by atoms with van der Waals surface area (Å²) in [7, 11) is 1.59. The first-order valence-electron chi connectivity index (χ1n) is 8.45. The highest BCUT2D eigenvalue weighted by Gasteiger charge is 2.24. The Morgan fingerprint density at radius 1 is 1.29 bits per heavy atom. The van der Waals surface area contributed by atoms with Gasteiger partial charge in [0.05, 0.1) is 26.9 Å². The summed E-state index contributed by atoms with van der Waals surface area (Å²) in [4.78, 5) is 24.7. The molecule has 3 rings (SSSR count). The second-order valence-electron chi connectivity index (χ2n) is 6.13. The number of rotatable bonds is 5. The second-order valence-corrected chi connectivity index (χ2v) is 6.13. The summed E-state index contributed by atoms with van der Waals surface area (Å²) in [5, 5.41) is 3.42. The summed E-state index contributed by atoms with van der Waals surface area (Å²) >= 11 is 0. The zero-order valence-corrected chi connectivity index (χ0v) is 14.1. The number of amides is 1. The molecule has 132 valence electrons. The van der Waals surface area contributed by atoms with Crippen molar-refractivity contribution < 1.29 is 14.3 Å². The molecule has 0 aliphatic carbocycles. The van der Waals surface area contributed by atoms with Gasteiger partial charge in [-0.3, -0.25) is 9.69 Å². The van der Waals surface area contributed by atoms with E-state index in [2.05, 4.69) is 20.2 Å². The number of methoxy groups -OCH3 is 1. The largest absolute Gasteiger partial charge is 0.481 e. The van der Waals surface area contributed by atoms with Crippen LogP contribution in [0.3, 0.4) is 0 Å². The van der Waals surface area contributed by atoms with Gasteiger partial charge in [-0.05, 0) is 12.8 Å². The maximum atomic E-state index is 12.3. The van der Waals surface area contributed by atoms with Gasteiger partial charge < -0.3 is 19.7 Å². The number of hydrogen-bond acceptors (Lipinski definition) is 7. The quantitative estimate of drug-likeness (QED) is 0.824. The van der Waals surface area contributed by atoms with Gasteiger partial charge in [0, 0.05) is 38.3 Å². The molecule has 2 fully saturated rings. The molecule has 1 aromatic heterocycles. The van der Waals surface area contributed by atoms with E-state index in [9.17, 15) is 4.79 Å². The summed E-state index contributed by atoms with van der Waals surface area (Å²) in [5.41, 5.74) is 0. The maximum Gasteiger partial charge on any atom is 0.236 e. The molecule has 0 saturated carbocycles. The van der Waals surface area contributed by atoms with E-state index in [0.717, 1.165) is 31.7 Å². The topological polar surface area (TPSA) is 79.8 Å². The van der Waals surface area contributed by atoms with E-state index in [0.29, 0.717) is 44.8 Å². The van der Waals surface area contributed by atoms with Crippen LogP contribution >= 0.6 is 0 Å². The van der Waals surface area contributed by atoms with Crippen molar-refractivity contribution >= 4 is 11.7 Å². The van der Waals surface area contributed by atoms with Crippen LogP contribution in [0.15, 0.2) is 12.4 Å². The van der Waals surface area contributed by atoms with E-state index in [4.69, 9.17) is 9.47 Å². The standard InChI is InChI=1S/C16H25N5O3/c1-23-15-10-14(17-12-18-15)19-13-2-4-20(5-3-13)11-16(22)21-6-8-24-9-7-21/h10,12-13H,2-9,11H2,1H3,(H,17,18,19). The van der Waals surface area contributed by atoms with Gasteiger partial charge in [0.2, 0.25) is 11.8 Å². The number of carbonyl (C=O) groups is 1. The average molecular weight is 335 g/mol. The van der Waals surface area contributed by atoms with Crippen molar-refractivity contribution in [2.75, 3.05) is 58.4 Å². The molecule has 0 bridgehead atoms. The van der Waals surface area contributed by atoms with Crippen molar-refractivity contribution in [1.29, 1.82) is 0 Å². The van der Waals surface area contributed by atoms with E-state index in [1.54, 1.807) is 13.2 Å². The van der Waals surface area contributed by atoms with Gasteiger partial charge in [-0.1, -0.05) is 0 Å². The third kappa shape index (κ3) is 4.55. The van der Waals surface area contributed by atoms with Crippen molar-refractivity contribution in [2.45, 2.75) is 18.9 Å². The Kier molecular flexibility index (Phi) is 5.81. The molecule has 8 heteroatoms. The van der Waals surface area contributed by atoms with Crippen LogP contribution in [0, 0.1) is 0 Å². The molecule has 0 unspecified atom stereocenters. The van der Waals surface area contributed by atoms with Gasteiger partial charge >= 0.3 is 0 Å². The fraction of sp³-hybridized carbons (Fsp3) is 0.688. The Bertz CT molecular complexity index is 542. The lowest BCUT2D eigenvalue weighted by molar-refractivity contribution is -0.136. The number of morpholine rings is 1. The number of carbonyl (C=O) groups excluding carboxylic acids is 1. The SMILES string of the molecule is COc1cc(NC2CCN(CC(=O)N3CCOCC3)CC2)ncn1. The molecule has 2 aliphatic heterocycles. The van der Waals surface area contributed by atoms with Crippen molar-refractivity contribution in [3.63, 3.8) is 0 Å². The zero-order chi connectivity index (χ0) is 16.8. The van der Waals surface area contributed by atoms with Crippen LogP contribution in [0.25, 0.3) is 0 Å². The van der Waals surface area contributed by atoms with Crippen molar-refractivity contribution in [3.05, 3.63) is 12.4 Å². The summed E-state index contributed by atoms with van der Waals surface area (Å²) in [6, 6.07) is 2.16. The molecule has 0 atom stereocenters. The Morgan fingerprint density at radius 3 is 2.75 bits per heavy atom. The number of piperidine rings is 1. The van der Waals surface area contributed by atoms with Crippen LogP contribution in [-0.4, -0.2) is 84.8 Å². The number of hydrogen-bond donors (Lipinski definition) is 1. The molecule has 2 aliphatic rings. The summed E-state index contributed by atoms with van der Waals surface area (Å²) in [6.07, 6.45) is 3.47. The zero-order valence-electron chi connectivity index (χ0n) is 14.1. The first kappa shape index (κ1) is 16.9. The average Bonchev–Trinajstić information content (AvgIpc) is 2.64. The van der Waals surface area contributed by atoms with Gasteiger partial charge in [0.1, 0.15) is 12.1 Å². The van der Waals surface area contributed by atoms with Gasteiger partial charge in [-0.2, -0.15) is 0 Å². The van der Waals surface area contributed by atoms with Crippen molar-refractivity contribution in [3.8, 4) is 5.88 Å². The number of likely N-dealkylation sites (tertiary alicyclic amines) is 1. The molecule has 1 aromatic rings. The molecular formula is C16H25N5O3. The lowest BCUT2D eigenvalue weighted by Gasteiger charge is -2.34. The molecule has 24 heavy (non-hydrogen) atoms. The van der Waals surface area contributed by atoms with Gasteiger partial charge in [-0.25, -0.2) is 9.97 Å².